The Morgan fingerprint density at radius 3 is 2.60 bits per heavy atom. The van der Waals surface area contributed by atoms with Crippen molar-refractivity contribution >= 4 is 11.7 Å². The molecule has 1 N–H and O–H groups in total. The van der Waals surface area contributed by atoms with E-state index in [4.69, 9.17) is 0 Å². The molecule has 2 fully saturated rings. The molecule has 4 rings (SSSR count). The molecule has 1 aromatic carbocycles. The van der Waals surface area contributed by atoms with Crippen LogP contribution >= 0.6 is 0 Å². The molecule has 1 saturated carbocycles. The van der Waals surface area contributed by atoms with Crippen LogP contribution in [0, 0.1) is 11.7 Å². The van der Waals surface area contributed by atoms with Crippen LogP contribution in [0.15, 0.2) is 41.2 Å². The molecule has 6 nitrogen and oxygen atoms in total. The molecule has 7 heteroatoms. The highest BCUT2D eigenvalue weighted by molar-refractivity contribution is 5.79. The highest BCUT2D eigenvalue weighted by Crippen LogP contribution is 2.23. The van der Waals surface area contributed by atoms with Gasteiger partial charge in [0.2, 0.25) is 5.91 Å². The summed E-state index contributed by atoms with van der Waals surface area (Å²) in [5.74, 6) is 0.258. The van der Waals surface area contributed by atoms with Crippen molar-refractivity contribution in [1.29, 1.82) is 0 Å². The SMILES string of the molecule is O=C(NC1CCCCCC1)C1CCCN(c2ccc(=O)n(-c3cccc(F)c3)n2)C1. The van der Waals surface area contributed by atoms with Crippen LogP contribution in [0.2, 0.25) is 0 Å². The Morgan fingerprint density at radius 1 is 1.03 bits per heavy atom. The van der Waals surface area contributed by atoms with E-state index in [9.17, 15) is 14.0 Å². The largest absolute Gasteiger partial charge is 0.354 e. The number of anilines is 1. The number of halogens is 1. The second-order valence-corrected chi connectivity index (χ2v) is 8.40. The molecule has 30 heavy (non-hydrogen) atoms. The lowest BCUT2D eigenvalue weighted by Gasteiger charge is -2.33. The lowest BCUT2D eigenvalue weighted by Crippen LogP contribution is -2.46. The zero-order chi connectivity index (χ0) is 20.9. The van der Waals surface area contributed by atoms with E-state index in [1.54, 1.807) is 18.2 Å². The maximum Gasteiger partial charge on any atom is 0.271 e. The van der Waals surface area contributed by atoms with Gasteiger partial charge < -0.3 is 10.2 Å². The first-order valence-corrected chi connectivity index (χ1v) is 11.0. The van der Waals surface area contributed by atoms with Gasteiger partial charge in [0.25, 0.3) is 5.56 Å². The second-order valence-electron chi connectivity index (χ2n) is 8.40. The molecule has 0 radical (unpaired) electrons. The van der Waals surface area contributed by atoms with E-state index in [0.717, 1.165) is 32.2 Å². The van der Waals surface area contributed by atoms with Crippen LogP contribution in [0.3, 0.4) is 0 Å². The van der Waals surface area contributed by atoms with E-state index in [2.05, 4.69) is 15.3 Å². The normalized spacial score (nSPS) is 20.6. The predicted molar refractivity (Wildman–Crippen MR) is 114 cm³/mol. The molecule has 1 amide bonds. The molecule has 1 atom stereocenters. The topological polar surface area (TPSA) is 67.2 Å². The Balaban J connectivity index is 1.47. The molecule has 0 spiro atoms. The van der Waals surface area contributed by atoms with Crippen molar-refractivity contribution in [2.75, 3.05) is 18.0 Å². The Labute approximate surface area is 176 Å². The van der Waals surface area contributed by atoms with Crippen LogP contribution in [0.25, 0.3) is 5.69 Å². The standard InChI is InChI=1S/C23H29FN4O2/c24-18-8-5-11-20(15-18)28-22(29)13-12-21(26-28)27-14-6-7-17(16-27)23(30)25-19-9-3-1-2-4-10-19/h5,8,11-13,15,17,19H,1-4,6-7,9-10,14,16H2,(H,25,30). The monoisotopic (exact) mass is 412 g/mol. The summed E-state index contributed by atoms with van der Waals surface area (Å²) in [5, 5.41) is 7.73. The summed E-state index contributed by atoms with van der Waals surface area (Å²) in [4.78, 5) is 27.2. The third kappa shape index (κ3) is 4.89. The zero-order valence-corrected chi connectivity index (χ0v) is 17.2. The number of carbonyl (C=O) groups is 1. The Morgan fingerprint density at radius 2 is 1.83 bits per heavy atom. The third-order valence-corrected chi connectivity index (χ3v) is 6.16. The van der Waals surface area contributed by atoms with Crippen molar-refractivity contribution in [3.8, 4) is 5.69 Å². The highest BCUT2D eigenvalue weighted by atomic mass is 19.1. The summed E-state index contributed by atoms with van der Waals surface area (Å²) in [6.07, 6.45) is 8.79. The summed E-state index contributed by atoms with van der Waals surface area (Å²) < 4.78 is 14.8. The minimum Gasteiger partial charge on any atom is -0.354 e. The number of rotatable bonds is 4. The van der Waals surface area contributed by atoms with Crippen molar-refractivity contribution in [2.24, 2.45) is 5.92 Å². The van der Waals surface area contributed by atoms with Gasteiger partial charge in [0.1, 0.15) is 11.6 Å². The van der Waals surface area contributed by atoms with E-state index in [-0.39, 0.29) is 17.4 Å². The van der Waals surface area contributed by atoms with Crippen molar-refractivity contribution in [1.82, 2.24) is 15.1 Å². The summed E-state index contributed by atoms with van der Waals surface area (Å²) in [5.41, 5.74) is 0.0746. The molecule has 2 aromatic rings. The lowest BCUT2D eigenvalue weighted by atomic mass is 9.96. The fourth-order valence-electron chi connectivity index (χ4n) is 4.50. The van der Waals surface area contributed by atoms with Crippen molar-refractivity contribution in [3.05, 3.63) is 52.6 Å². The molecule has 1 saturated heterocycles. The maximum absolute atomic E-state index is 13.6. The molecule has 2 aliphatic rings. The number of nitrogens with one attached hydrogen (secondary N) is 1. The van der Waals surface area contributed by atoms with Crippen LogP contribution in [-0.2, 0) is 4.79 Å². The average molecular weight is 413 g/mol. The van der Waals surface area contributed by atoms with Crippen LogP contribution in [0.1, 0.15) is 51.4 Å². The number of amides is 1. The molecule has 1 unspecified atom stereocenters. The first kappa shape index (κ1) is 20.6. The number of aromatic nitrogens is 2. The van der Waals surface area contributed by atoms with E-state index < -0.39 is 5.82 Å². The fourth-order valence-corrected chi connectivity index (χ4v) is 4.50. The van der Waals surface area contributed by atoms with E-state index >= 15 is 0 Å². The summed E-state index contributed by atoms with van der Waals surface area (Å²) >= 11 is 0. The number of carbonyl (C=O) groups excluding carboxylic acids is 1. The van der Waals surface area contributed by atoms with Gasteiger partial charge in [-0.25, -0.2) is 4.39 Å². The molecular weight excluding hydrogens is 383 g/mol. The molecular formula is C23H29FN4O2. The maximum atomic E-state index is 13.6. The first-order chi connectivity index (χ1) is 14.6. The van der Waals surface area contributed by atoms with Crippen LogP contribution in [0.5, 0.6) is 0 Å². The van der Waals surface area contributed by atoms with Crippen LogP contribution < -0.4 is 15.8 Å². The number of benzene rings is 1. The average Bonchev–Trinajstić information content (AvgIpc) is 3.03. The van der Waals surface area contributed by atoms with E-state index in [1.807, 2.05) is 0 Å². The summed E-state index contributed by atoms with van der Waals surface area (Å²) in [6.45, 7) is 1.36. The van der Waals surface area contributed by atoms with Gasteiger partial charge in [0.15, 0.2) is 0 Å². The van der Waals surface area contributed by atoms with Gasteiger partial charge in [-0.1, -0.05) is 31.7 Å². The van der Waals surface area contributed by atoms with Gasteiger partial charge in [-0.2, -0.15) is 4.68 Å². The predicted octanol–water partition coefficient (Wildman–Crippen LogP) is 3.43. The third-order valence-electron chi connectivity index (χ3n) is 6.16. The van der Waals surface area contributed by atoms with Crippen molar-refractivity contribution in [2.45, 2.75) is 57.4 Å². The number of hydrogen-bond donors (Lipinski definition) is 1. The second kappa shape index (κ2) is 9.41. The van der Waals surface area contributed by atoms with Gasteiger partial charge in [-0.15, -0.1) is 5.10 Å². The van der Waals surface area contributed by atoms with E-state index in [1.165, 1.54) is 48.6 Å². The summed E-state index contributed by atoms with van der Waals surface area (Å²) in [7, 11) is 0. The highest BCUT2D eigenvalue weighted by Gasteiger charge is 2.28. The van der Waals surface area contributed by atoms with Gasteiger partial charge in [-0.3, -0.25) is 9.59 Å². The molecule has 1 aliphatic carbocycles. The molecule has 1 aliphatic heterocycles. The Hall–Kier alpha value is -2.70. The minimum atomic E-state index is -0.417. The molecule has 0 bridgehead atoms. The quantitative estimate of drug-likeness (QED) is 0.782. The van der Waals surface area contributed by atoms with Crippen molar-refractivity contribution < 1.29 is 9.18 Å². The van der Waals surface area contributed by atoms with Gasteiger partial charge in [-0.05, 0) is 49.9 Å². The molecule has 160 valence electrons. The molecule has 1 aromatic heterocycles. The minimum absolute atomic E-state index is 0.0849. The fraction of sp³-hybridized carbons (Fsp3) is 0.522. The zero-order valence-electron chi connectivity index (χ0n) is 17.2. The van der Waals surface area contributed by atoms with Gasteiger partial charge in [0, 0.05) is 25.2 Å². The van der Waals surface area contributed by atoms with Crippen LogP contribution in [-0.4, -0.2) is 34.8 Å². The number of hydrogen-bond acceptors (Lipinski definition) is 4. The Bertz CT molecular complexity index is 937. The van der Waals surface area contributed by atoms with Crippen LogP contribution in [0.4, 0.5) is 10.2 Å². The van der Waals surface area contributed by atoms with Gasteiger partial charge in [0.05, 0.1) is 11.6 Å². The van der Waals surface area contributed by atoms with Crippen molar-refractivity contribution in [3.63, 3.8) is 0 Å². The molecule has 2 heterocycles. The number of piperidine rings is 1. The summed E-state index contributed by atoms with van der Waals surface area (Å²) in [6, 6.07) is 9.26. The number of nitrogens with zero attached hydrogens (tertiary/aromatic N) is 3. The first-order valence-electron chi connectivity index (χ1n) is 11.0. The van der Waals surface area contributed by atoms with Gasteiger partial charge >= 0.3 is 0 Å². The van der Waals surface area contributed by atoms with E-state index in [0.29, 0.717) is 24.1 Å². The Kier molecular flexibility index (Phi) is 6.45. The lowest BCUT2D eigenvalue weighted by molar-refractivity contribution is -0.126. The smallest absolute Gasteiger partial charge is 0.271 e.